The van der Waals surface area contributed by atoms with Crippen molar-refractivity contribution in [2.24, 2.45) is 0 Å². The lowest BCUT2D eigenvalue weighted by Gasteiger charge is -2.26. The molecule has 1 aromatic carbocycles. The van der Waals surface area contributed by atoms with E-state index < -0.39 is 0 Å². The van der Waals surface area contributed by atoms with Gasteiger partial charge in [0.2, 0.25) is 5.91 Å². The number of amides is 1. The third-order valence-corrected chi connectivity index (χ3v) is 5.28. The van der Waals surface area contributed by atoms with Crippen molar-refractivity contribution < 1.29 is 14.3 Å². The van der Waals surface area contributed by atoms with Gasteiger partial charge in [-0.2, -0.15) is 0 Å². The van der Waals surface area contributed by atoms with E-state index in [1.165, 1.54) is 18.2 Å². The summed E-state index contributed by atoms with van der Waals surface area (Å²) in [5, 5.41) is 9.27. The van der Waals surface area contributed by atoms with Gasteiger partial charge in [0.1, 0.15) is 16.5 Å². The Labute approximate surface area is 157 Å². The molecule has 3 rings (SSSR count). The molecule has 1 aromatic heterocycles. The van der Waals surface area contributed by atoms with Crippen molar-refractivity contribution in [2.45, 2.75) is 24.3 Å². The number of nitrogens with zero attached hydrogens (tertiary/aromatic N) is 3. The van der Waals surface area contributed by atoms with Crippen LogP contribution in [0.4, 0.5) is 0 Å². The molecule has 138 valence electrons. The first kappa shape index (κ1) is 18.5. The fraction of sp³-hybridized carbons (Fsp3) is 0.421. The van der Waals surface area contributed by atoms with Gasteiger partial charge in [-0.05, 0) is 43.5 Å². The van der Waals surface area contributed by atoms with Gasteiger partial charge in [0.15, 0.2) is 0 Å². The van der Waals surface area contributed by atoms with Gasteiger partial charge in [-0.3, -0.25) is 4.79 Å². The number of likely N-dealkylation sites (tertiary alicyclic amines) is 1. The summed E-state index contributed by atoms with van der Waals surface area (Å²) >= 11 is 1.43. The van der Waals surface area contributed by atoms with E-state index >= 15 is 0 Å². The van der Waals surface area contributed by atoms with Crippen LogP contribution in [0.15, 0.2) is 35.4 Å². The third-order valence-electron chi connectivity index (χ3n) is 4.38. The summed E-state index contributed by atoms with van der Waals surface area (Å²) in [7, 11) is 3.23. The molecule has 0 atom stereocenters. The molecular formula is C19H23N3O3S. The summed E-state index contributed by atoms with van der Waals surface area (Å²) in [4.78, 5) is 14.2. The molecule has 0 unspecified atom stereocenters. The maximum Gasteiger partial charge on any atom is 0.232 e. The van der Waals surface area contributed by atoms with Crippen LogP contribution in [0, 0.1) is 0 Å². The molecular weight excluding hydrogens is 350 g/mol. The highest BCUT2D eigenvalue weighted by molar-refractivity contribution is 7.99. The average molecular weight is 373 g/mol. The number of aromatic nitrogens is 2. The smallest absolute Gasteiger partial charge is 0.232 e. The van der Waals surface area contributed by atoms with Crippen LogP contribution in [0.1, 0.15) is 19.3 Å². The minimum absolute atomic E-state index is 0.178. The van der Waals surface area contributed by atoms with Crippen LogP contribution < -0.4 is 9.47 Å². The first-order valence-corrected chi connectivity index (χ1v) is 9.66. The molecule has 0 N–H and O–H groups in total. The summed E-state index contributed by atoms with van der Waals surface area (Å²) in [5.74, 6) is 1.98. The van der Waals surface area contributed by atoms with Crippen molar-refractivity contribution in [3.63, 3.8) is 0 Å². The molecule has 0 saturated carbocycles. The highest BCUT2D eigenvalue weighted by Crippen LogP contribution is 2.32. The Bertz CT molecular complexity index is 746. The van der Waals surface area contributed by atoms with Crippen molar-refractivity contribution in [1.82, 2.24) is 15.1 Å². The minimum Gasteiger partial charge on any atom is -0.497 e. The second kappa shape index (κ2) is 8.89. The fourth-order valence-electron chi connectivity index (χ4n) is 2.92. The van der Waals surface area contributed by atoms with Gasteiger partial charge in [-0.15, -0.1) is 10.2 Å². The van der Waals surface area contributed by atoms with Gasteiger partial charge < -0.3 is 14.4 Å². The summed E-state index contributed by atoms with van der Waals surface area (Å²) in [6.07, 6.45) is 3.43. The molecule has 0 radical (unpaired) electrons. The molecule has 1 amide bonds. The molecule has 2 heterocycles. The Kier molecular flexibility index (Phi) is 6.33. The van der Waals surface area contributed by atoms with Crippen LogP contribution in [-0.4, -0.2) is 54.1 Å². The summed E-state index contributed by atoms with van der Waals surface area (Å²) in [6, 6.07) is 9.36. The number of carbonyl (C=O) groups excluding carboxylic acids is 1. The van der Waals surface area contributed by atoms with Gasteiger partial charge in [-0.25, -0.2) is 0 Å². The zero-order valence-electron chi connectivity index (χ0n) is 15.1. The van der Waals surface area contributed by atoms with Crippen molar-refractivity contribution in [1.29, 1.82) is 0 Å². The van der Waals surface area contributed by atoms with Crippen molar-refractivity contribution in [3.8, 4) is 22.8 Å². The lowest BCUT2D eigenvalue weighted by Crippen LogP contribution is -2.36. The molecule has 7 heteroatoms. The molecule has 0 aliphatic carbocycles. The molecule has 2 aromatic rings. The number of carbonyl (C=O) groups is 1. The second-order valence-electron chi connectivity index (χ2n) is 6.05. The molecule has 6 nitrogen and oxygen atoms in total. The van der Waals surface area contributed by atoms with E-state index in [0.29, 0.717) is 11.5 Å². The van der Waals surface area contributed by atoms with Gasteiger partial charge in [0.25, 0.3) is 0 Å². The van der Waals surface area contributed by atoms with E-state index in [2.05, 4.69) is 10.2 Å². The lowest BCUT2D eigenvalue weighted by molar-refractivity contribution is -0.129. The van der Waals surface area contributed by atoms with Crippen molar-refractivity contribution in [3.05, 3.63) is 30.3 Å². The molecule has 26 heavy (non-hydrogen) atoms. The highest BCUT2D eigenvalue weighted by atomic mass is 32.2. The Balaban J connectivity index is 1.64. The normalized spacial score (nSPS) is 14.2. The standard InChI is InChI=1S/C19H23N3O3S/c1-24-14-6-7-15(17(12-14)25-2)16-8-9-18(21-20-16)26-13-19(23)22-10-4-3-5-11-22/h6-9,12H,3-5,10-11,13H2,1-2H3. The monoisotopic (exact) mass is 373 g/mol. The van der Waals surface area contributed by atoms with Gasteiger partial charge in [-0.1, -0.05) is 11.8 Å². The highest BCUT2D eigenvalue weighted by Gasteiger charge is 2.17. The van der Waals surface area contributed by atoms with Crippen molar-refractivity contribution in [2.75, 3.05) is 33.1 Å². The number of benzene rings is 1. The number of ether oxygens (including phenoxy) is 2. The third kappa shape index (κ3) is 4.46. The molecule has 1 saturated heterocycles. The summed E-state index contributed by atoms with van der Waals surface area (Å²) in [6.45, 7) is 1.75. The zero-order chi connectivity index (χ0) is 18.4. The van der Waals surface area contributed by atoms with E-state index in [4.69, 9.17) is 9.47 Å². The predicted molar refractivity (Wildman–Crippen MR) is 102 cm³/mol. The van der Waals surface area contributed by atoms with Crippen LogP contribution in [0.25, 0.3) is 11.3 Å². The van der Waals surface area contributed by atoms with E-state index in [9.17, 15) is 4.79 Å². The Morgan fingerprint density at radius 3 is 2.54 bits per heavy atom. The Morgan fingerprint density at radius 2 is 1.88 bits per heavy atom. The number of thioether (sulfide) groups is 1. The van der Waals surface area contributed by atoms with E-state index in [-0.39, 0.29) is 5.91 Å². The van der Waals surface area contributed by atoms with Gasteiger partial charge in [0.05, 0.1) is 25.7 Å². The SMILES string of the molecule is COc1ccc(-c2ccc(SCC(=O)N3CCCCC3)nn2)c(OC)c1. The molecule has 1 fully saturated rings. The first-order valence-electron chi connectivity index (χ1n) is 8.68. The van der Waals surface area contributed by atoms with Gasteiger partial charge >= 0.3 is 0 Å². The maximum atomic E-state index is 12.2. The number of hydrogen-bond donors (Lipinski definition) is 0. The molecule has 1 aliphatic heterocycles. The first-order chi connectivity index (χ1) is 12.7. The summed E-state index contributed by atoms with van der Waals surface area (Å²) in [5.41, 5.74) is 1.57. The van der Waals surface area contributed by atoms with E-state index in [1.54, 1.807) is 14.2 Å². The van der Waals surface area contributed by atoms with Crippen molar-refractivity contribution >= 4 is 17.7 Å². The number of piperidine rings is 1. The van der Waals surface area contributed by atoms with E-state index in [0.717, 1.165) is 48.0 Å². The number of hydrogen-bond acceptors (Lipinski definition) is 6. The molecule has 0 spiro atoms. The van der Waals surface area contributed by atoms with Crippen LogP contribution in [0.2, 0.25) is 0 Å². The zero-order valence-corrected chi connectivity index (χ0v) is 15.9. The number of methoxy groups -OCH3 is 2. The predicted octanol–water partition coefficient (Wildman–Crippen LogP) is 3.27. The van der Waals surface area contributed by atoms with Crippen LogP contribution in [-0.2, 0) is 4.79 Å². The number of rotatable bonds is 6. The van der Waals surface area contributed by atoms with E-state index in [1.807, 2.05) is 35.2 Å². The fourth-order valence-corrected chi connectivity index (χ4v) is 3.64. The van der Waals surface area contributed by atoms with Crippen LogP contribution in [0.3, 0.4) is 0 Å². The maximum absolute atomic E-state index is 12.2. The topological polar surface area (TPSA) is 64.5 Å². The second-order valence-corrected chi connectivity index (χ2v) is 7.05. The van der Waals surface area contributed by atoms with Crippen LogP contribution in [0.5, 0.6) is 11.5 Å². The largest absolute Gasteiger partial charge is 0.497 e. The van der Waals surface area contributed by atoms with Crippen LogP contribution >= 0.6 is 11.8 Å². The molecule has 1 aliphatic rings. The average Bonchev–Trinajstić information content (AvgIpc) is 2.72. The molecule has 0 bridgehead atoms. The Hall–Kier alpha value is -2.28. The quantitative estimate of drug-likeness (QED) is 0.724. The summed E-state index contributed by atoms with van der Waals surface area (Å²) < 4.78 is 10.6. The Morgan fingerprint density at radius 1 is 1.08 bits per heavy atom. The minimum atomic E-state index is 0.178. The lowest BCUT2D eigenvalue weighted by atomic mass is 10.1. The van der Waals surface area contributed by atoms with Gasteiger partial charge in [0, 0.05) is 24.7 Å².